The third-order valence-corrected chi connectivity index (χ3v) is 3.99. The Kier molecular flexibility index (Phi) is 7.90. The lowest BCUT2D eigenvalue weighted by atomic mass is 9.93. The highest BCUT2D eigenvalue weighted by Crippen LogP contribution is 2.28. The zero-order valence-electron chi connectivity index (χ0n) is 16.0. The number of carbonyl (C=O) groups excluding carboxylic acids is 2. The molecule has 0 saturated carbocycles. The summed E-state index contributed by atoms with van der Waals surface area (Å²) in [7, 11) is 1.76. The molecule has 3 N–H and O–H groups in total. The van der Waals surface area contributed by atoms with E-state index in [1.165, 1.54) is 6.92 Å². The molecule has 1 aromatic rings. The maximum atomic E-state index is 12.7. The minimum atomic E-state index is -0.434. The van der Waals surface area contributed by atoms with Gasteiger partial charge in [0.1, 0.15) is 5.75 Å². The standard InChI is InChI=1S/C19H31N3O3/c1-6-25-17-10-8-7-9-15(17)16(21-14(2)23)11-18(24)22(5)13-19(3,4)12-20/h7-10,16H,6,11-13,20H2,1-5H3,(H,21,23). The van der Waals surface area contributed by atoms with Gasteiger partial charge in [-0.25, -0.2) is 0 Å². The van der Waals surface area contributed by atoms with E-state index in [2.05, 4.69) is 5.32 Å². The lowest BCUT2D eigenvalue weighted by Crippen LogP contribution is -2.41. The number of nitrogens with zero attached hydrogens (tertiary/aromatic N) is 1. The molecule has 1 rings (SSSR count). The van der Waals surface area contributed by atoms with E-state index in [0.717, 1.165) is 5.56 Å². The second-order valence-electron chi connectivity index (χ2n) is 7.05. The topological polar surface area (TPSA) is 84.7 Å². The molecular weight excluding hydrogens is 318 g/mol. The minimum Gasteiger partial charge on any atom is -0.494 e. The first-order chi connectivity index (χ1) is 11.7. The monoisotopic (exact) mass is 349 g/mol. The SMILES string of the molecule is CCOc1ccccc1C(CC(=O)N(C)CC(C)(C)CN)NC(C)=O. The Morgan fingerprint density at radius 2 is 1.96 bits per heavy atom. The second kappa shape index (κ2) is 9.42. The molecule has 0 aromatic heterocycles. The molecule has 6 heteroatoms. The number of carbonyl (C=O) groups is 2. The van der Waals surface area contributed by atoms with Gasteiger partial charge in [0.2, 0.25) is 11.8 Å². The van der Waals surface area contributed by atoms with E-state index in [4.69, 9.17) is 10.5 Å². The van der Waals surface area contributed by atoms with E-state index in [0.29, 0.717) is 25.4 Å². The highest BCUT2D eigenvalue weighted by atomic mass is 16.5. The molecule has 140 valence electrons. The first kappa shape index (κ1) is 21.0. The molecule has 0 aliphatic rings. The molecule has 1 unspecified atom stereocenters. The number of hydrogen-bond donors (Lipinski definition) is 2. The van der Waals surface area contributed by atoms with Crippen LogP contribution in [-0.4, -0.2) is 43.5 Å². The quantitative estimate of drug-likeness (QED) is 0.715. The smallest absolute Gasteiger partial charge is 0.224 e. The van der Waals surface area contributed by atoms with Gasteiger partial charge in [-0.3, -0.25) is 9.59 Å². The van der Waals surface area contributed by atoms with E-state index in [1.807, 2.05) is 45.0 Å². The Labute approximate surface area is 150 Å². The van der Waals surface area contributed by atoms with Crippen LogP contribution in [0.3, 0.4) is 0 Å². The van der Waals surface area contributed by atoms with Crippen molar-refractivity contribution in [3.63, 3.8) is 0 Å². The lowest BCUT2D eigenvalue weighted by Gasteiger charge is -2.30. The molecule has 1 atom stereocenters. The Bertz CT molecular complexity index is 587. The lowest BCUT2D eigenvalue weighted by molar-refractivity contribution is -0.132. The highest BCUT2D eigenvalue weighted by molar-refractivity contribution is 5.79. The van der Waals surface area contributed by atoms with E-state index < -0.39 is 6.04 Å². The molecule has 25 heavy (non-hydrogen) atoms. The van der Waals surface area contributed by atoms with Crippen molar-refractivity contribution in [2.75, 3.05) is 26.7 Å². The zero-order chi connectivity index (χ0) is 19.0. The van der Waals surface area contributed by atoms with Crippen molar-refractivity contribution in [1.29, 1.82) is 0 Å². The van der Waals surface area contributed by atoms with Crippen molar-refractivity contribution in [2.45, 2.75) is 40.2 Å². The molecule has 1 aromatic carbocycles. The predicted octanol–water partition coefficient (Wildman–Crippen LogP) is 2.10. The zero-order valence-corrected chi connectivity index (χ0v) is 16.0. The Morgan fingerprint density at radius 1 is 1.32 bits per heavy atom. The number of benzene rings is 1. The summed E-state index contributed by atoms with van der Waals surface area (Å²) in [4.78, 5) is 26.0. The third kappa shape index (κ3) is 6.74. The molecule has 0 saturated heterocycles. The van der Waals surface area contributed by atoms with Crippen molar-refractivity contribution < 1.29 is 14.3 Å². The Hall–Kier alpha value is -2.08. The average Bonchev–Trinajstić information content (AvgIpc) is 2.54. The van der Waals surface area contributed by atoms with Crippen LogP contribution in [0.4, 0.5) is 0 Å². The van der Waals surface area contributed by atoms with Crippen LogP contribution >= 0.6 is 0 Å². The second-order valence-corrected chi connectivity index (χ2v) is 7.05. The molecule has 0 spiro atoms. The summed E-state index contributed by atoms with van der Waals surface area (Å²) in [5.74, 6) is 0.446. The number of ether oxygens (including phenoxy) is 1. The number of nitrogens with two attached hydrogens (primary N) is 1. The fourth-order valence-electron chi connectivity index (χ4n) is 2.66. The maximum absolute atomic E-state index is 12.7. The Morgan fingerprint density at radius 3 is 2.52 bits per heavy atom. The summed E-state index contributed by atoms with van der Waals surface area (Å²) in [5, 5.41) is 2.87. The molecule has 0 aliphatic heterocycles. The van der Waals surface area contributed by atoms with Crippen LogP contribution in [0.2, 0.25) is 0 Å². The predicted molar refractivity (Wildman–Crippen MR) is 99.3 cm³/mol. The fraction of sp³-hybridized carbons (Fsp3) is 0.579. The van der Waals surface area contributed by atoms with Gasteiger partial charge in [0, 0.05) is 26.1 Å². The van der Waals surface area contributed by atoms with Crippen LogP contribution in [0, 0.1) is 5.41 Å². The average molecular weight is 349 g/mol. The number of hydrogen-bond acceptors (Lipinski definition) is 4. The Balaban J connectivity index is 2.97. The van der Waals surface area contributed by atoms with Crippen molar-refractivity contribution in [2.24, 2.45) is 11.1 Å². The van der Waals surface area contributed by atoms with Crippen LogP contribution in [0.5, 0.6) is 5.75 Å². The van der Waals surface area contributed by atoms with Gasteiger partial charge in [-0.1, -0.05) is 32.0 Å². The molecule has 0 bridgehead atoms. The first-order valence-corrected chi connectivity index (χ1v) is 8.63. The first-order valence-electron chi connectivity index (χ1n) is 8.63. The molecule has 0 radical (unpaired) electrons. The molecule has 6 nitrogen and oxygen atoms in total. The molecular formula is C19H31N3O3. The number of para-hydroxylation sites is 1. The normalized spacial score (nSPS) is 12.4. The summed E-state index contributed by atoms with van der Waals surface area (Å²) < 4.78 is 5.65. The van der Waals surface area contributed by atoms with Gasteiger partial charge in [0.25, 0.3) is 0 Å². The molecule has 2 amide bonds. The number of amides is 2. The number of rotatable bonds is 9. The molecule has 0 heterocycles. The summed E-state index contributed by atoms with van der Waals surface area (Å²) >= 11 is 0. The number of nitrogens with one attached hydrogen (secondary N) is 1. The van der Waals surface area contributed by atoms with E-state index in [1.54, 1.807) is 11.9 Å². The van der Waals surface area contributed by atoms with Gasteiger partial charge in [0.05, 0.1) is 19.1 Å². The van der Waals surface area contributed by atoms with Gasteiger partial charge in [-0.2, -0.15) is 0 Å². The van der Waals surface area contributed by atoms with Gasteiger partial charge in [0.15, 0.2) is 0 Å². The van der Waals surface area contributed by atoms with Crippen LogP contribution in [-0.2, 0) is 9.59 Å². The van der Waals surface area contributed by atoms with Crippen molar-refractivity contribution in [3.8, 4) is 5.75 Å². The fourth-order valence-corrected chi connectivity index (χ4v) is 2.66. The highest BCUT2D eigenvalue weighted by Gasteiger charge is 2.25. The van der Waals surface area contributed by atoms with Gasteiger partial charge in [-0.15, -0.1) is 0 Å². The van der Waals surface area contributed by atoms with Crippen molar-refractivity contribution in [1.82, 2.24) is 10.2 Å². The minimum absolute atomic E-state index is 0.0495. The van der Waals surface area contributed by atoms with Crippen molar-refractivity contribution in [3.05, 3.63) is 29.8 Å². The van der Waals surface area contributed by atoms with E-state index >= 15 is 0 Å². The van der Waals surface area contributed by atoms with Crippen LogP contribution in [0.15, 0.2) is 24.3 Å². The summed E-state index contributed by atoms with van der Waals surface area (Å²) in [6, 6.07) is 7.04. The van der Waals surface area contributed by atoms with Gasteiger partial charge < -0.3 is 20.7 Å². The third-order valence-electron chi connectivity index (χ3n) is 3.99. The summed E-state index contributed by atoms with van der Waals surface area (Å²) in [6.45, 7) is 8.95. The molecule has 0 fully saturated rings. The van der Waals surface area contributed by atoms with E-state index in [-0.39, 0.29) is 23.7 Å². The van der Waals surface area contributed by atoms with Crippen LogP contribution < -0.4 is 15.8 Å². The van der Waals surface area contributed by atoms with Gasteiger partial charge in [-0.05, 0) is 24.9 Å². The van der Waals surface area contributed by atoms with Crippen LogP contribution in [0.25, 0.3) is 0 Å². The summed E-state index contributed by atoms with van der Waals surface area (Å²) in [6.07, 6.45) is 0.167. The maximum Gasteiger partial charge on any atom is 0.224 e. The van der Waals surface area contributed by atoms with Crippen LogP contribution in [0.1, 0.15) is 45.7 Å². The largest absolute Gasteiger partial charge is 0.494 e. The summed E-state index contributed by atoms with van der Waals surface area (Å²) in [5.41, 5.74) is 6.40. The van der Waals surface area contributed by atoms with Gasteiger partial charge >= 0.3 is 0 Å². The molecule has 0 aliphatic carbocycles. The van der Waals surface area contributed by atoms with Crippen molar-refractivity contribution >= 4 is 11.8 Å². The van der Waals surface area contributed by atoms with E-state index in [9.17, 15) is 9.59 Å².